The van der Waals surface area contributed by atoms with Gasteiger partial charge in [0.1, 0.15) is 5.01 Å². The summed E-state index contributed by atoms with van der Waals surface area (Å²) in [5, 5.41) is 4.84. The number of hydrogen-bond donors (Lipinski definition) is 1. The number of nitrogens with zero attached hydrogens (tertiary/aromatic N) is 1. The molecule has 19 heavy (non-hydrogen) atoms. The van der Waals surface area contributed by atoms with Crippen molar-refractivity contribution in [2.24, 2.45) is 0 Å². The summed E-state index contributed by atoms with van der Waals surface area (Å²) in [6.45, 7) is 7.54. The van der Waals surface area contributed by atoms with E-state index in [0.717, 1.165) is 19.4 Å². The van der Waals surface area contributed by atoms with Gasteiger partial charge in [-0.25, -0.2) is 4.98 Å². The quantitative estimate of drug-likeness (QED) is 0.869. The van der Waals surface area contributed by atoms with Crippen LogP contribution in [0, 0.1) is 0 Å². The van der Waals surface area contributed by atoms with Gasteiger partial charge in [0.2, 0.25) is 0 Å². The van der Waals surface area contributed by atoms with Crippen molar-refractivity contribution in [2.45, 2.75) is 64.5 Å². The minimum atomic E-state index is -0.174. The lowest BCUT2D eigenvalue weighted by atomic mass is 9.96. The Bertz CT molecular complexity index is 395. The summed E-state index contributed by atoms with van der Waals surface area (Å²) in [5.41, 5.74) is 1.16. The molecule has 0 saturated heterocycles. The largest absolute Gasteiger partial charge is 0.379 e. The third-order valence-corrected chi connectivity index (χ3v) is 5.59. The maximum Gasteiger partial charge on any atom is 0.116 e. The van der Waals surface area contributed by atoms with Crippen LogP contribution in [0.1, 0.15) is 55.6 Å². The van der Waals surface area contributed by atoms with Crippen molar-refractivity contribution < 1.29 is 4.74 Å². The van der Waals surface area contributed by atoms with E-state index in [4.69, 9.17) is 9.72 Å². The first-order valence-corrected chi connectivity index (χ1v) is 8.20. The fourth-order valence-corrected chi connectivity index (χ4v) is 3.94. The van der Waals surface area contributed by atoms with Crippen LogP contribution in [0.4, 0.5) is 0 Å². The van der Waals surface area contributed by atoms with Crippen LogP contribution in [0.5, 0.6) is 0 Å². The Morgan fingerprint density at radius 1 is 1.42 bits per heavy atom. The SMILES string of the molecule is CCCNC(C)(c1nc2c(s1)CCCC2)C(C)OC. The Morgan fingerprint density at radius 3 is 2.79 bits per heavy atom. The summed E-state index contributed by atoms with van der Waals surface area (Å²) in [5.74, 6) is 0. The van der Waals surface area contributed by atoms with Crippen molar-refractivity contribution in [1.29, 1.82) is 0 Å². The molecule has 0 aliphatic heterocycles. The molecule has 4 heteroatoms. The molecule has 1 heterocycles. The van der Waals surface area contributed by atoms with Gasteiger partial charge in [-0.3, -0.25) is 0 Å². The highest BCUT2D eigenvalue weighted by Gasteiger charge is 2.36. The molecule has 3 nitrogen and oxygen atoms in total. The van der Waals surface area contributed by atoms with Crippen LogP contribution < -0.4 is 5.32 Å². The summed E-state index contributed by atoms with van der Waals surface area (Å²) in [6, 6.07) is 0. The molecule has 1 aromatic heterocycles. The molecule has 1 N–H and O–H groups in total. The van der Waals surface area contributed by atoms with Crippen LogP contribution in [0.15, 0.2) is 0 Å². The number of nitrogens with one attached hydrogen (secondary N) is 1. The van der Waals surface area contributed by atoms with E-state index in [-0.39, 0.29) is 11.6 Å². The molecule has 2 rings (SSSR count). The first kappa shape index (κ1) is 14.9. The summed E-state index contributed by atoms with van der Waals surface area (Å²) < 4.78 is 5.60. The van der Waals surface area contributed by atoms with E-state index in [1.165, 1.54) is 34.8 Å². The van der Waals surface area contributed by atoms with E-state index in [1.807, 2.05) is 11.3 Å². The number of methoxy groups -OCH3 is 1. The Morgan fingerprint density at radius 2 is 2.16 bits per heavy atom. The van der Waals surface area contributed by atoms with Crippen LogP contribution in [-0.4, -0.2) is 24.7 Å². The lowest BCUT2D eigenvalue weighted by Gasteiger charge is -2.34. The van der Waals surface area contributed by atoms with Crippen LogP contribution in [0.2, 0.25) is 0 Å². The molecular formula is C15H26N2OS. The van der Waals surface area contributed by atoms with Crippen molar-refractivity contribution in [3.63, 3.8) is 0 Å². The third-order valence-electron chi connectivity index (χ3n) is 4.20. The molecule has 2 atom stereocenters. The number of rotatable bonds is 6. The number of ether oxygens (including phenoxy) is 1. The van der Waals surface area contributed by atoms with Crippen LogP contribution in [-0.2, 0) is 23.1 Å². The average Bonchev–Trinajstić information content (AvgIpc) is 2.88. The summed E-state index contributed by atoms with van der Waals surface area (Å²) in [4.78, 5) is 6.42. The normalized spacial score (nSPS) is 19.8. The molecule has 0 aromatic carbocycles. The maximum atomic E-state index is 5.60. The van der Waals surface area contributed by atoms with Gasteiger partial charge in [-0.1, -0.05) is 6.92 Å². The Kier molecular flexibility index (Phi) is 4.98. The molecule has 0 radical (unpaired) electrons. The highest BCUT2D eigenvalue weighted by atomic mass is 32.1. The van der Waals surface area contributed by atoms with E-state index < -0.39 is 0 Å². The summed E-state index contributed by atoms with van der Waals surface area (Å²) in [6.07, 6.45) is 6.20. The average molecular weight is 282 g/mol. The van der Waals surface area contributed by atoms with Gasteiger partial charge >= 0.3 is 0 Å². The zero-order valence-corrected chi connectivity index (χ0v) is 13.4. The molecular weight excluding hydrogens is 256 g/mol. The number of aryl methyl sites for hydroxylation is 2. The van der Waals surface area contributed by atoms with Gasteiger partial charge in [0.05, 0.1) is 17.3 Å². The van der Waals surface area contributed by atoms with Crippen LogP contribution >= 0.6 is 11.3 Å². The first-order valence-electron chi connectivity index (χ1n) is 7.38. The van der Waals surface area contributed by atoms with Gasteiger partial charge in [0, 0.05) is 12.0 Å². The molecule has 1 aliphatic carbocycles. The molecule has 0 spiro atoms. The summed E-state index contributed by atoms with van der Waals surface area (Å²) >= 11 is 1.88. The van der Waals surface area contributed by atoms with Crippen molar-refractivity contribution in [3.8, 4) is 0 Å². The Labute approximate surface area is 120 Å². The van der Waals surface area contributed by atoms with Gasteiger partial charge < -0.3 is 10.1 Å². The predicted octanol–water partition coefficient (Wildman–Crippen LogP) is 3.27. The van der Waals surface area contributed by atoms with Crippen molar-refractivity contribution in [1.82, 2.24) is 10.3 Å². The minimum absolute atomic E-state index is 0.117. The molecule has 108 valence electrons. The van der Waals surface area contributed by atoms with E-state index in [9.17, 15) is 0 Å². The molecule has 1 aromatic rings. The third kappa shape index (κ3) is 3.01. The number of fused-ring (bicyclic) bond motifs is 1. The first-order chi connectivity index (χ1) is 9.11. The zero-order chi connectivity index (χ0) is 13.9. The van der Waals surface area contributed by atoms with Crippen molar-refractivity contribution in [3.05, 3.63) is 15.6 Å². The lowest BCUT2D eigenvalue weighted by molar-refractivity contribution is 0.0362. The zero-order valence-electron chi connectivity index (χ0n) is 12.6. The van der Waals surface area contributed by atoms with Gasteiger partial charge in [0.25, 0.3) is 0 Å². The van der Waals surface area contributed by atoms with Crippen molar-refractivity contribution >= 4 is 11.3 Å². The second kappa shape index (κ2) is 6.33. The standard InChI is InChI=1S/C15H26N2OS/c1-5-10-16-15(3,11(2)18-4)14-17-12-8-6-7-9-13(12)19-14/h11,16H,5-10H2,1-4H3. The van der Waals surface area contributed by atoms with Gasteiger partial charge in [-0.05, 0) is 52.5 Å². The molecule has 0 fully saturated rings. The van der Waals surface area contributed by atoms with Gasteiger partial charge in [-0.15, -0.1) is 11.3 Å². The van der Waals surface area contributed by atoms with Crippen molar-refractivity contribution in [2.75, 3.05) is 13.7 Å². The van der Waals surface area contributed by atoms with E-state index in [0.29, 0.717) is 0 Å². The molecule has 1 aliphatic rings. The number of thiazole rings is 1. The molecule has 0 saturated carbocycles. The fourth-order valence-electron chi connectivity index (χ4n) is 2.59. The number of aromatic nitrogens is 1. The lowest BCUT2D eigenvalue weighted by Crippen LogP contribution is -2.49. The fraction of sp³-hybridized carbons (Fsp3) is 0.800. The van der Waals surface area contributed by atoms with Gasteiger partial charge in [-0.2, -0.15) is 0 Å². The Balaban J connectivity index is 2.29. The number of hydrogen-bond acceptors (Lipinski definition) is 4. The summed E-state index contributed by atoms with van der Waals surface area (Å²) in [7, 11) is 1.78. The minimum Gasteiger partial charge on any atom is -0.379 e. The van der Waals surface area contributed by atoms with E-state index >= 15 is 0 Å². The highest BCUT2D eigenvalue weighted by Crippen LogP contribution is 2.35. The second-order valence-electron chi connectivity index (χ2n) is 5.60. The Hall–Kier alpha value is -0.450. The van der Waals surface area contributed by atoms with Crippen LogP contribution in [0.25, 0.3) is 0 Å². The van der Waals surface area contributed by atoms with Crippen LogP contribution in [0.3, 0.4) is 0 Å². The highest BCUT2D eigenvalue weighted by molar-refractivity contribution is 7.11. The topological polar surface area (TPSA) is 34.2 Å². The molecule has 0 amide bonds. The maximum absolute atomic E-state index is 5.60. The second-order valence-corrected chi connectivity index (χ2v) is 6.69. The predicted molar refractivity (Wildman–Crippen MR) is 80.9 cm³/mol. The molecule has 2 unspecified atom stereocenters. The molecule has 0 bridgehead atoms. The smallest absolute Gasteiger partial charge is 0.116 e. The van der Waals surface area contributed by atoms with Gasteiger partial charge in [0.15, 0.2) is 0 Å². The van der Waals surface area contributed by atoms with E-state index in [2.05, 4.69) is 26.1 Å². The monoisotopic (exact) mass is 282 g/mol. The van der Waals surface area contributed by atoms with E-state index in [1.54, 1.807) is 7.11 Å².